The Kier molecular flexibility index (Phi) is 10.3. The van der Waals surface area contributed by atoms with Crippen LogP contribution in [0.3, 0.4) is 0 Å². The van der Waals surface area contributed by atoms with Gasteiger partial charge in [0.2, 0.25) is 0 Å². The molecular formula is C25H21BrCl2N4O6. The summed E-state index contributed by atoms with van der Waals surface area (Å²) in [6.07, 6.45) is 4.58. The first-order chi connectivity index (χ1) is 18.2. The predicted octanol–water partition coefficient (Wildman–Crippen LogP) is 6.77. The van der Waals surface area contributed by atoms with Crippen LogP contribution in [0.25, 0.3) is 6.08 Å². The number of aromatic carboxylic acids is 1. The average molecular weight is 624 g/mol. The van der Waals surface area contributed by atoms with Crippen LogP contribution in [0.1, 0.15) is 38.1 Å². The number of aromatic nitrogens is 2. The van der Waals surface area contributed by atoms with Gasteiger partial charge in [-0.05, 0) is 52.3 Å². The Labute approximate surface area is 235 Å². The molecule has 0 atom stereocenters. The summed E-state index contributed by atoms with van der Waals surface area (Å²) in [6.45, 7) is 4.47. The summed E-state index contributed by atoms with van der Waals surface area (Å²) in [5, 5.41) is 15.5. The lowest BCUT2D eigenvalue weighted by Crippen LogP contribution is -2.08. The number of pyridine rings is 2. The molecule has 0 fully saturated rings. The van der Waals surface area contributed by atoms with E-state index in [-0.39, 0.29) is 21.7 Å². The third kappa shape index (κ3) is 7.60. The lowest BCUT2D eigenvalue weighted by atomic mass is 10.1. The minimum atomic E-state index is -1.15. The van der Waals surface area contributed by atoms with Crippen LogP contribution in [-0.4, -0.2) is 34.1 Å². The zero-order chi connectivity index (χ0) is 27.7. The van der Waals surface area contributed by atoms with Crippen LogP contribution < -0.4 is 10.6 Å². The molecule has 4 aromatic rings. The van der Waals surface area contributed by atoms with Gasteiger partial charge in [0.1, 0.15) is 21.8 Å². The van der Waals surface area contributed by atoms with Gasteiger partial charge >= 0.3 is 11.9 Å². The summed E-state index contributed by atoms with van der Waals surface area (Å²) in [7, 11) is 1.29. The fraction of sp³-hybridized carbons (Fsp3) is 0.120. The second-order valence-corrected chi connectivity index (χ2v) is 8.84. The maximum absolute atomic E-state index is 11.6. The van der Waals surface area contributed by atoms with E-state index in [1.54, 1.807) is 36.8 Å². The van der Waals surface area contributed by atoms with Crippen LogP contribution in [0.15, 0.2) is 68.8 Å². The Bertz CT molecular complexity index is 1410. The molecule has 0 radical (unpaired) electrons. The number of nitrogens with one attached hydrogen (secondary N) is 2. The minimum Gasteiger partial charge on any atom is -0.476 e. The normalized spacial score (nSPS) is 10.2. The van der Waals surface area contributed by atoms with E-state index in [0.29, 0.717) is 34.5 Å². The van der Waals surface area contributed by atoms with E-state index >= 15 is 0 Å². The van der Waals surface area contributed by atoms with Crippen molar-refractivity contribution in [2.24, 2.45) is 0 Å². The Morgan fingerprint density at radius 2 is 1.55 bits per heavy atom. The molecule has 198 valence electrons. The Morgan fingerprint density at radius 1 is 1.03 bits per heavy atom. The molecule has 0 bridgehead atoms. The fourth-order valence-electron chi connectivity index (χ4n) is 3.09. The van der Waals surface area contributed by atoms with E-state index in [4.69, 9.17) is 37.1 Å². The number of furan rings is 2. The Morgan fingerprint density at radius 3 is 2.03 bits per heavy atom. The van der Waals surface area contributed by atoms with Crippen molar-refractivity contribution in [2.75, 3.05) is 17.7 Å². The van der Waals surface area contributed by atoms with Crippen LogP contribution in [0.5, 0.6) is 0 Å². The standard InChI is InChI=1S/C13H11ClN2O3.C12H10BrClN2O3/c1-2-9-10(15-7-8-4-3-5-19-8)6-11(14)16-12(9)13(17)18;1-18-12(17)11-10(13)8(5-9(14)16-11)15-6-7-3-2-4-19-7/h2-6H,1,7H2,(H,15,16)(H,17,18);2-5H,6H2,1H3,(H,15,16). The number of ether oxygens (including phenoxy) is 1. The summed E-state index contributed by atoms with van der Waals surface area (Å²) in [6, 6.07) is 10.4. The molecule has 0 saturated carbocycles. The van der Waals surface area contributed by atoms with Crippen molar-refractivity contribution in [2.45, 2.75) is 13.1 Å². The molecule has 13 heteroatoms. The number of esters is 1. The van der Waals surface area contributed by atoms with E-state index in [9.17, 15) is 9.59 Å². The van der Waals surface area contributed by atoms with Crippen LogP contribution in [-0.2, 0) is 17.8 Å². The maximum atomic E-state index is 11.6. The number of carboxylic acid groups (broad SMARTS) is 1. The van der Waals surface area contributed by atoms with Gasteiger partial charge < -0.3 is 29.3 Å². The molecule has 10 nitrogen and oxygen atoms in total. The van der Waals surface area contributed by atoms with E-state index in [2.05, 4.69) is 47.8 Å². The highest BCUT2D eigenvalue weighted by atomic mass is 79.9. The van der Waals surface area contributed by atoms with Gasteiger partial charge in [-0.25, -0.2) is 19.6 Å². The van der Waals surface area contributed by atoms with Crippen molar-refractivity contribution >= 4 is 68.5 Å². The van der Waals surface area contributed by atoms with E-state index in [1.807, 2.05) is 12.1 Å². The maximum Gasteiger partial charge on any atom is 0.357 e. The number of methoxy groups -OCH3 is 1. The topological polar surface area (TPSA) is 140 Å². The molecule has 3 N–H and O–H groups in total. The molecule has 0 saturated heterocycles. The monoisotopic (exact) mass is 622 g/mol. The quantitative estimate of drug-likeness (QED) is 0.135. The third-order valence-electron chi connectivity index (χ3n) is 4.81. The lowest BCUT2D eigenvalue weighted by Gasteiger charge is -2.11. The number of halogens is 3. The number of carbonyl (C=O) groups excluding carboxylic acids is 1. The zero-order valence-corrected chi connectivity index (χ0v) is 22.9. The molecule has 38 heavy (non-hydrogen) atoms. The molecule has 0 aliphatic carbocycles. The first-order valence-electron chi connectivity index (χ1n) is 10.8. The number of anilines is 2. The van der Waals surface area contributed by atoms with Crippen molar-refractivity contribution in [3.8, 4) is 0 Å². The first kappa shape index (κ1) is 28.8. The van der Waals surface area contributed by atoms with Crippen LogP contribution in [0.2, 0.25) is 10.3 Å². The Balaban J connectivity index is 0.000000211. The van der Waals surface area contributed by atoms with Gasteiger partial charge in [0, 0.05) is 11.3 Å². The van der Waals surface area contributed by atoms with Crippen molar-refractivity contribution in [3.05, 3.63) is 98.8 Å². The molecule has 4 aromatic heterocycles. The SMILES string of the molecule is C=Cc1c(NCc2ccco2)cc(Cl)nc1C(=O)O.COC(=O)c1nc(Cl)cc(NCc2ccco2)c1Br. The molecule has 0 spiro atoms. The van der Waals surface area contributed by atoms with Gasteiger partial charge in [-0.3, -0.25) is 0 Å². The number of hydrogen-bond donors (Lipinski definition) is 3. The van der Waals surface area contributed by atoms with Crippen molar-refractivity contribution in [1.82, 2.24) is 9.97 Å². The highest BCUT2D eigenvalue weighted by Crippen LogP contribution is 2.29. The molecule has 4 heterocycles. The number of carbonyl (C=O) groups is 2. The highest BCUT2D eigenvalue weighted by Gasteiger charge is 2.18. The number of rotatable bonds is 9. The van der Waals surface area contributed by atoms with E-state index in [1.165, 1.54) is 13.2 Å². The first-order valence-corrected chi connectivity index (χ1v) is 12.3. The number of nitrogens with zero attached hydrogens (tertiary/aromatic N) is 2. The van der Waals surface area contributed by atoms with Crippen molar-refractivity contribution in [3.63, 3.8) is 0 Å². The van der Waals surface area contributed by atoms with Crippen LogP contribution >= 0.6 is 39.1 Å². The summed E-state index contributed by atoms with van der Waals surface area (Å²) in [5.41, 5.74) is 1.56. The number of hydrogen-bond acceptors (Lipinski definition) is 9. The molecule has 0 unspecified atom stereocenters. The minimum absolute atomic E-state index is 0.102. The summed E-state index contributed by atoms with van der Waals surface area (Å²) in [4.78, 5) is 30.4. The van der Waals surface area contributed by atoms with Gasteiger partial charge in [-0.1, -0.05) is 35.9 Å². The molecule has 0 aromatic carbocycles. The average Bonchev–Trinajstić information content (AvgIpc) is 3.62. The fourth-order valence-corrected chi connectivity index (χ4v) is 3.98. The smallest absolute Gasteiger partial charge is 0.357 e. The lowest BCUT2D eigenvalue weighted by molar-refractivity contribution is 0.0592. The summed E-state index contributed by atoms with van der Waals surface area (Å²) >= 11 is 15.0. The largest absolute Gasteiger partial charge is 0.476 e. The van der Waals surface area contributed by atoms with E-state index in [0.717, 1.165) is 11.5 Å². The summed E-state index contributed by atoms with van der Waals surface area (Å²) < 4.78 is 15.5. The van der Waals surface area contributed by atoms with Gasteiger partial charge in [0.15, 0.2) is 11.4 Å². The van der Waals surface area contributed by atoms with Gasteiger partial charge in [0.05, 0.1) is 42.9 Å². The summed E-state index contributed by atoms with van der Waals surface area (Å²) in [5.74, 6) is -0.229. The zero-order valence-electron chi connectivity index (χ0n) is 19.8. The van der Waals surface area contributed by atoms with Crippen LogP contribution in [0, 0.1) is 0 Å². The van der Waals surface area contributed by atoms with Gasteiger partial charge in [-0.2, -0.15) is 0 Å². The molecule has 0 aliphatic heterocycles. The molecule has 0 aliphatic rings. The molecule has 0 amide bonds. The van der Waals surface area contributed by atoms with Gasteiger partial charge in [-0.15, -0.1) is 0 Å². The highest BCUT2D eigenvalue weighted by molar-refractivity contribution is 9.10. The molecule has 4 rings (SSSR count). The Hall–Kier alpha value is -3.80. The predicted molar refractivity (Wildman–Crippen MR) is 147 cm³/mol. The van der Waals surface area contributed by atoms with E-state index < -0.39 is 11.9 Å². The second-order valence-electron chi connectivity index (χ2n) is 7.28. The third-order valence-corrected chi connectivity index (χ3v) is 6.00. The van der Waals surface area contributed by atoms with Crippen molar-refractivity contribution < 1.29 is 28.3 Å². The van der Waals surface area contributed by atoms with Gasteiger partial charge in [0.25, 0.3) is 0 Å². The van der Waals surface area contributed by atoms with Crippen molar-refractivity contribution in [1.29, 1.82) is 0 Å². The van der Waals surface area contributed by atoms with Crippen LogP contribution in [0.4, 0.5) is 11.4 Å². The number of carboxylic acids is 1. The molecular weight excluding hydrogens is 603 g/mol. The second kappa shape index (κ2) is 13.7.